The van der Waals surface area contributed by atoms with Gasteiger partial charge in [-0.2, -0.15) is 0 Å². The van der Waals surface area contributed by atoms with Crippen molar-refractivity contribution >= 4 is 11.6 Å². The largest absolute Gasteiger partial charge is 0.381 e. The van der Waals surface area contributed by atoms with Gasteiger partial charge >= 0.3 is 0 Å². The normalized spacial score (nSPS) is 29.8. The Hall–Kier alpha value is -1.62. The van der Waals surface area contributed by atoms with Gasteiger partial charge in [-0.15, -0.1) is 0 Å². The Morgan fingerprint density at radius 1 is 1.65 bits per heavy atom. The van der Waals surface area contributed by atoms with Crippen LogP contribution in [0.2, 0.25) is 0 Å². The predicted molar refractivity (Wildman–Crippen MR) is 59.7 cm³/mol. The molecule has 0 aliphatic carbocycles. The smallest absolute Gasteiger partial charge is 0.221 e. The Kier molecular flexibility index (Phi) is 1.98. The lowest BCUT2D eigenvalue weighted by atomic mass is 9.93. The summed E-state index contributed by atoms with van der Waals surface area (Å²) in [5.74, 6) is -0.444. The molecular formula is C12H13FN2O2. The number of hydrogen-bond acceptors (Lipinski definition) is 3. The third-order valence-electron chi connectivity index (χ3n) is 3.64. The second kappa shape index (κ2) is 3.20. The van der Waals surface area contributed by atoms with Crippen molar-refractivity contribution in [3.05, 3.63) is 29.6 Å². The van der Waals surface area contributed by atoms with E-state index in [-0.39, 0.29) is 11.7 Å². The number of carbonyl (C=O) groups is 1. The van der Waals surface area contributed by atoms with Gasteiger partial charge < -0.3 is 15.3 Å². The zero-order valence-corrected chi connectivity index (χ0v) is 9.40. The van der Waals surface area contributed by atoms with Crippen LogP contribution in [0.5, 0.6) is 0 Å². The van der Waals surface area contributed by atoms with Gasteiger partial charge in [0.05, 0.1) is 0 Å². The average molecular weight is 236 g/mol. The van der Waals surface area contributed by atoms with Crippen molar-refractivity contribution in [3.8, 4) is 0 Å². The maximum atomic E-state index is 13.1. The molecule has 2 aliphatic rings. The highest BCUT2D eigenvalue weighted by molar-refractivity contribution is 5.76. The van der Waals surface area contributed by atoms with Crippen LogP contribution in [-0.2, 0) is 10.4 Å². The number of anilines is 1. The van der Waals surface area contributed by atoms with Crippen LogP contribution in [0.1, 0.15) is 18.9 Å². The van der Waals surface area contributed by atoms with Crippen molar-refractivity contribution in [3.63, 3.8) is 0 Å². The number of carbonyl (C=O) groups excluding carboxylic acids is 1. The molecule has 1 fully saturated rings. The molecule has 4 nitrogen and oxygen atoms in total. The monoisotopic (exact) mass is 236 g/mol. The van der Waals surface area contributed by atoms with E-state index in [1.807, 2.05) is 0 Å². The number of benzene rings is 1. The highest BCUT2D eigenvalue weighted by atomic mass is 19.1. The van der Waals surface area contributed by atoms with Crippen molar-refractivity contribution in [2.75, 3.05) is 11.9 Å². The van der Waals surface area contributed by atoms with Crippen molar-refractivity contribution in [2.45, 2.75) is 25.1 Å². The van der Waals surface area contributed by atoms with Crippen molar-refractivity contribution in [1.29, 1.82) is 0 Å². The number of amides is 1. The van der Waals surface area contributed by atoms with Crippen LogP contribution < -0.4 is 5.32 Å². The van der Waals surface area contributed by atoms with Gasteiger partial charge in [-0.05, 0) is 12.1 Å². The average Bonchev–Trinajstić information content (AvgIpc) is 2.69. The summed E-state index contributed by atoms with van der Waals surface area (Å²) < 4.78 is 13.1. The summed E-state index contributed by atoms with van der Waals surface area (Å²) >= 11 is 0. The number of fused-ring (bicyclic) bond motifs is 3. The molecule has 1 amide bonds. The van der Waals surface area contributed by atoms with E-state index in [0.717, 1.165) is 0 Å². The maximum absolute atomic E-state index is 13.1. The van der Waals surface area contributed by atoms with Crippen LogP contribution in [-0.4, -0.2) is 28.6 Å². The minimum atomic E-state index is -1.09. The summed E-state index contributed by atoms with van der Waals surface area (Å²) in [4.78, 5) is 13.0. The van der Waals surface area contributed by atoms with E-state index in [1.165, 1.54) is 19.1 Å². The van der Waals surface area contributed by atoms with Crippen LogP contribution in [0.15, 0.2) is 18.2 Å². The Balaban J connectivity index is 2.06. The zero-order chi connectivity index (χ0) is 12.2. The predicted octanol–water partition coefficient (Wildman–Crippen LogP) is 1.02. The van der Waals surface area contributed by atoms with Gasteiger partial charge in [0.25, 0.3) is 0 Å². The standard InChI is InChI=1S/C12H13FN2O2/c1-7(16)15-5-4-12(17)9-3-2-8(13)6-10(9)14-11(12)15/h2-3,6,11,14,17H,4-5H2,1H3/t11-,12+/m0/s1. The molecule has 1 saturated heterocycles. The van der Waals surface area contributed by atoms with E-state index in [0.29, 0.717) is 24.2 Å². The number of aliphatic hydroxyl groups is 1. The van der Waals surface area contributed by atoms with Crippen LogP contribution in [0.25, 0.3) is 0 Å². The van der Waals surface area contributed by atoms with E-state index >= 15 is 0 Å². The minimum Gasteiger partial charge on any atom is -0.381 e. The number of rotatable bonds is 0. The molecule has 90 valence electrons. The molecule has 2 heterocycles. The first-order valence-electron chi connectivity index (χ1n) is 5.58. The summed E-state index contributed by atoms with van der Waals surface area (Å²) in [6.07, 6.45) is -0.000107. The number of hydrogen-bond donors (Lipinski definition) is 2. The molecule has 0 saturated carbocycles. The molecule has 1 aromatic rings. The van der Waals surface area contributed by atoms with Gasteiger partial charge in [0.15, 0.2) is 0 Å². The summed E-state index contributed by atoms with van der Waals surface area (Å²) in [7, 11) is 0. The van der Waals surface area contributed by atoms with E-state index < -0.39 is 11.8 Å². The highest BCUT2D eigenvalue weighted by Gasteiger charge is 2.53. The SMILES string of the molecule is CC(=O)N1CC[C@@]2(O)c3ccc(F)cc3N[C@@H]12. The fourth-order valence-electron chi connectivity index (χ4n) is 2.79. The molecule has 17 heavy (non-hydrogen) atoms. The van der Waals surface area contributed by atoms with Gasteiger partial charge in [0, 0.05) is 31.1 Å². The summed E-state index contributed by atoms with van der Waals surface area (Å²) in [6, 6.07) is 4.27. The van der Waals surface area contributed by atoms with Gasteiger partial charge in [-0.3, -0.25) is 4.79 Å². The lowest BCUT2D eigenvalue weighted by molar-refractivity contribution is -0.131. The van der Waals surface area contributed by atoms with Gasteiger partial charge in [0.2, 0.25) is 5.91 Å². The third kappa shape index (κ3) is 1.29. The first-order valence-corrected chi connectivity index (χ1v) is 5.58. The van der Waals surface area contributed by atoms with E-state index in [9.17, 15) is 14.3 Å². The topological polar surface area (TPSA) is 52.6 Å². The fraction of sp³-hybridized carbons (Fsp3) is 0.417. The number of nitrogens with zero attached hydrogens (tertiary/aromatic N) is 1. The van der Waals surface area contributed by atoms with Crippen LogP contribution >= 0.6 is 0 Å². The lowest BCUT2D eigenvalue weighted by Crippen LogP contribution is -2.45. The van der Waals surface area contributed by atoms with Crippen molar-refractivity contribution in [2.24, 2.45) is 0 Å². The minimum absolute atomic E-state index is 0.0910. The lowest BCUT2D eigenvalue weighted by Gasteiger charge is -2.27. The number of likely N-dealkylation sites (tertiary alicyclic amines) is 1. The molecule has 2 aliphatic heterocycles. The first-order chi connectivity index (χ1) is 8.02. The molecule has 5 heteroatoms. The molecule has 2 N–H and O–H groups in total. The van der Waals surface area contributed by atoms with Gasteiger partial charge in [-0.1, -0.05) is 6.07 Å². The fourth-order valence-corrected chi connectivity index (χ4v) is 2.79. The van der Waals surface area contributed by atoms with Crippen LogP contribution in [0.3, 0.4) is 0 Å². The molecule has 0 aromatic heterocycles. The molecule has 2 atom stereocenters. The number of nitrogens with one attached hydrogen (secondary N) is 1. The second-order valence-corrected chi connectivity index (χ2v) is 4.62. The summed E-state index contributed by atoms with van der Waals surface area (Å²) in [5, 5.41) is 13.6. The van der Waals surface area contributed by atoms with E-state index in [1.54, 1.807) is 11.0 Å². The van der Waals surface area contributed by atoms with E-state index in [2.05, 4.69) is 5.32 Å². The highest BCUT2D eigenvalue weighted by Crippen LogP contribution is 2.46. The Morgan fingerprint density at radius 3 is 3.12 bits per heavy atom. The summed E-state index contributed by atoms with van der Waals surface area (Å²) in [6.45, 7) is 1.98. The molecule has 0 bridgehead atoms. The molecule has 0 spiro atoms. The molecule has 0 unspecified atom stereocenters. The Bertz CT molecular complexity index is 505. The zero-order valence-electron chi connectivity index (χ0n) is 9.40. The molecular weight excluding hydrogens is 223 g/mol. The number of halogens is 1. The third-order valence-corrected chi connectivity index (χ3v) is 3.64. The molecule has 0 radical (unpaired) electrons. The quantitative estimate of drug-likeness (QED) is 0.707. The maximum Gasteiger partial charge on any atom is 0.221 e. The molecule has 1 aromatic carbocycles. The van der Waals surface area contributed by atoms with Gasteiger partial charge in [0.1, 0.15) is 17.6 Å². The summed E-state index contributed by atoms with van der Waals surface area (Å²) in [5.41, 5.74) is 0.158. The van der Waals surface area contributed by atoms with Crippen molar-refractivity contribution in [1.82, 2.24) is 4.90 Å². The second-order valence-electron chi connectivity index (χ2n) is 4.62. The van der Waals surface area contributed by atoms with Gasteiger partial charge in [-0.25, -0.2) is 4.39 Å². The van der Waals surface area contributed by atoms with Crippen LogP contribution in [0.4, 0.5) is 10.1 Å². The van der Waals surface area contributed by atoms with E-state index in [4.69, 9.17) is 0 Å². The van der Waals surface area contributed by atoms with Crippen molar-refractivity contribution < 1.29 is 14.3 Å². The Morgan fingerprint density at radius 2 is 2.41 bits per heavy atom. The molecule has 3 rings (SSSR count). The Labute approximate surface area is 98.0 Å². The first kappa shape index (κ1) is 10.5. The van der Waals surface area contributed by atoms with Crippen LogP contribution in [0, 0.1) is 5.82 Å².